The number of carbonyl (C=O) groups excluding carboxylic acids is 1. The SMILES string of the molecule is COC1CCN(CC2CCCCC2=O)C1. The van der Waals surface area contributed by atoms with Crippen LogP contribution in [0.2, 0.25) is 0 Å². The fraction of sp³-hybridized carbons (Fsp3) is 0.917. The molecule has 0 spiro atoms. The van der Waals surface area contributed by atoms with Crippen LogP contribution >= 0.6 is 0 Å². The molecule has 2 atom stereocenters. The third-order valence-corrected chi connectivity index (χ3v) is 3.72. The number of methoxy groups -OCH3 is 1. The molecule has 15 heavy (non-hydrogen) atoms. The normalized spacial score (nSPS) is 33.5. The molecule has 1 heterocycles. The molecule has 1 aliphatic carbocycles. The van der Waals surface area contributed by atoms with Crippen molar-refractivity contribution in [1.29, 1.82) is 0 Å². The van der Waals surface area contributed by atoms with Crippen LogP contribution in [0.1, 0.15) is 32.1 Å². The quantitative estimate of drug-likeness (QED) is 0.708. The number of likely N-dealkylation sites (tertiary alicyclic amines) is 1. The molecule has 0 aromatic heterocycles. The van der Waals surface area contributed by atoms with Gasteiger partial charge in [-0.05, 0) is 19.3 Å². The largest absolute Gasteiger partial charge is 0.380 e. The van der Waals surface area contributed by atoms with Crippen molar-refractivity contribution in [2.75, 3.05) is 26.7 Å². The third-order valence-electron chi connectivity index (χ3n) is 3.72. The van der Waals surface area contributed by atoms with E-state index in [1.54, 1.807) is 7.11 Å². The molecule has 2 aliphatic rings. The van der Waals surface area contributed by atoms with Gasteiger partial charge in [0, 0.05) is 39.1 Å². The molecular formula is C12H21NO2. The molecule has 2 unspecified atom stereocenters. The van der Waals surface area contributed by atoms with Gasteiger partial charge in [-0.1, -0.05) is 6.42 Å². The molecule has 0 aromatic carbocycles. The number of carbonyl (C=O) groups is 1. The van der Waals surface area contributed by atoms with Crippen molar-refractivity contribution >= 4 is 5.78 Å². The second kappa shape index (κ2) is 5.08. The van der Waals surface area contributed by atoms with Gasteiger partial charge in [0.1, 0.15) is 5.78 Å². The van der Waals surface area contributed by atoms with E-state index in [4.69, 9.17) is 4.74 Å². The zero-order chi connectivity index (χ0) is 10.7. The lowest BCUT2D eigenvalue weighted by molar-refractivity contribution is -0.125. The van der Waals surface area contributed by atoms with E-state index < -0.39 is 0 Å². The van der Waals surface area contributed by atoms with Crippen molar-refractivity contribution in [2.45, 2.75) is 38.2 Å². The van der Waals surface area contributed by atoms with Gasteiger partial charge in [0.05, 0.1) is 6.10 Å². The van der Waals surface area contributed by atoms with Gasteiger partial charge in [0.25, 0.3) is 0 Å². The van der Waals surface area contributed by atoms with Crippen molar-refractivity contribution in [1.82, 2.24) is 4.90 Å². The van der Waals surface area contributed by atoms with Gasteiger partial charge in [0.15, 0.2) is 0 Å². The van der Waals surface area contributed by atoms with E-state index in [0.29, 0.717) is 17.8 Å². The maximum Gasteiger partial charge on any atom is 0.137 e. The summed E-state index contributed by atoms with van der Waals surface area (Å²) in [7, 11) is 1.78. The van der Waals surface area contributed by atoms with Crippen LogP contribution in [-0.4, -0.2) is 43.5 Å². The van der Waals surface area contributed by atoms with E-state index >= 15 is 0 Å². The molecule has 0 radical (unpaired) electrons. The molecule has 0 aromatic rings. The summed E-state index contributed by atoms with van der Waals surface area (Å²) in [5.41, 5.74) is 0. The molecule has 0 bridgehead atoms. The molecule has 2 fully saturated rings. The number of hydrogen-bond acceptors (Lipinski definition) is 3. The van der Waals surface area contributed by atoms with Crippen LogP contribution in [-0.2, 0) is 9.53 Å². The van der Waals surface area contributed by atoms with E-state index in [1.807, 2.05) is 0 Å². The van der Waals surface area contributed by atoms with E-state index in [2.05, 4.69) is 4.90 Å². The first-order chi connectivity index (χ1) is 7.29. The molecule has 86 valence electrons. The zero-order valence-corrected chi connectivity index (χ0v) is 9.58. The summed E-state index contributed by atoms with van der Waals surface area (Å²) in [6.45, 7) is 3.08. The molecule has 3 heteroatoms. The Hall–Kier alpha value is -0.410. The Morgan fingerprint density at radius 3 is 2.93 bits per heavy atom. The maximum atomic E-state index is 11.7. The summed E-state index contributed by atoms with van der Waals surface area (Å²) in [5.74, 6) is 0.802. The lowest BCUT2D eigenvalue weighted by Gasteiger charge is -2.25. The van der Waals surface area contributed by atoms with E-state index in [-0.39, 0.29) is 0 Å². The minimum absolute atomic E-state index is 0.314. The molecule has 0 N–H and O–H groups in total. The lowest BCUT2D eigenvalue weighted by Crippen LogP contribution is -2.34. The smallest absolute Gasteiger partial charge is 0.137 e. The average Bonchev–Trinajstić information content (AvgIpc) is 2.69. The lowest BCUT2D eigenvalue weighted by atomic mass is 9.88. The minimum Gasteiger partial charge on any atom is -0.380 e. The summed E-state index contributed by atoms with van der Waals surface area (Å²) in [6, 6.07) is 0. The Kier molecular flexibility index (Phi) is 3.76. The first-order valence-electron chi connectivity index (χ1n) is 6.07. The van der Waals surface area contributed by atoms with E-state index in [0.717, 1.165) is 45.3 Å². The summed E-state index contributed by atoms with van der Waals surface area (Å²) >= 11 is 0. The van der Waals surface area contributed by atoms with E-state index in [9.17, 15) is 4.79 Å². The van der Waals surface area contributed by atoms with Crippen molar-refractivity contribution in [3.8, 4) is 0 Å². The number of rotatable bonds is 3. The predicted octanol–water partition coefficient (Wildman–Crippen LogP) is 1.47. The first-order valence-corrected chi connectivity index (χ1v) is 6.07. The Labute approximate surface area is 91.8 Å². The Morgan fingerprint density at radius 2 is 2.27 bits per heavy atom. The summed E-state index contributed by atoms with van der Waals surface area (Å²) in [6.07, 6.45) is 5.77. The Morgan fingerprint density at radius 1 is 1.40 bits per heavy atom. The topological polar surface area (TPSA) is 29.5 Å². The minimum atomic E-state index is 0.314. The van der Waals surface area contributed by atoms with Crippen LogP contribution in [0.3, 0.4) is 0 Å². The number of ether oxygens (including phenoxy) is 1. The highest BCUT2D eigenvalue weighted by atomic mass is 16.5. The van der Waals surface area contributed by atoms with Crippen LogP contribution in [0.25, 0.3) is 0 Å². The molecular weight excluding hydrogens is 190 g/mol. The number of Topliss-reactive ketones (excluding diaryl/α,β-unsaturated/α-hetero) is 1. The average molecular weight is 211 g/mol. The van der Waals surface area contributed by atoms with Crippen LogP contribution in [0.5, 0.6) is 0 Å². The van der Waals surface area contributed by atoms with Gasteiger partial charge in [-0.25, -0.2) is 0 Å². The van der Waals surface area contributed by atoms with Crippen molar-refractivity contribution in [3.63, 3.8) is 0 Å². The van der Waals surface area contributed by atoms with Gasteiger partial charge >= 0.3 is 0 Å². The van der Waals surface area contributed by atoms with Crippen LogP contribution in [0.4, 0.5) is 0 Å². The molecule has 0 amide bonds. The highest BCUT2D eigenvalue weighted by Crippen LogP contribution is 2.23. The highest BCUT2D eigenvalue weighted by molar-refractivity contribution is 5.81. The summed E-state index contributed by atoms with van der Waals surface area (Å²) < 4.78 is 5.33. The van der Waals surface area contributed by atoms with Gasteiger partial charge in [-0.3, -0.25) is 9.69 Å². The Bertz CT molecular complexity index is 230. The third kappa shape index (κ3) is 2.79. The van der Waals surface area contributed by atoms with Crippen molar-refractivity contribution in [3.05, 3.63) is 0 Å². The van der Waals surface area contributed by atoms with Crippen LogP contribution in [0, 0.1) is 5.92 Å². The maximum absolute atomic E-state index is 11.7. The molecule has 1 aliphatic heterocycles. The fourth-order valence-electron chi connectivity index (χ4n) is 2.72. The van der Waals surface area contributed by atoms with Crippen LogP contribution in [0.15, 0.2) is 0 Å². The number of nitrogens with zero attached hydrogens (tertiary/aromatic N) is 1. The van der Waals surface area contributed by atoms with Gasteiger partial charge in [-0.15, -0.1) is 0 Å². The molecule has 2 rings (SSSR count). The van der Waals surface area contributed by atoms with Crippen molar-refractivity contribution in [2.24, 2.45) is 5.92 Å². The molecule has 1 saturated heterocycles. The van der Waals surface area contributed by atoms with Crippen LogP contribution < -0.4 is 0 Å². The van der Waals surface area contributed by atoms with Crippen molar-refractivity contribution < 1.29 is 9.53 Å². The fourth-order valence-corrected chi connectivity index (χ4v) is 2.72. The highest BCUT2D eigenvalue weighted by Gasteiger charge is 2.28. The van der Waals surface area contributed by atoms with Gasteiger partial charge in [-0.2, -0.15) is 0 Å². The monoisotopic (exact) mass is 211 g/mol. The first kappa shape index (κ1) is 11.1. The number of hydrogen-bond donors (Lipinski definition) is 0. The zero-order valence-electron chi connectivity index (χ0n) is 9.58. The molecule has 1 saturated carbocycles. The summed E-state index contributed by atoms with van der Waals surface area (Å²) in [5, 5.41) is 0. The standard InChI is InChI=1S/C12H21NO2/c1-15-11-6-7-13(9-11)8-10-4-2-3-5-12(10)14/h10-11H,2-9H2,1H3. The van der Waals surface area contributed by atoms with E-state index in [1.165, 1.54) is 6.42 Å². The second-order valence-corrected chi connectivity index (χ2v) is 4.81. The summed E-state index contributed by atoms with van der Waals surface area (Å²) in [4.78, 5) is 14.1. The van der Waals surface area contributed by atoms with Gasteiger partial charge < -0.3 is 4.74 Å². The predicted molar refractivity (Wildman–Crippen MR) is 58.8 cm³/mol. The Balaban J connectivity index is 1.79. The number of ketones is 1. The second-order valence-electron chi connectivity index (χ2n) is 4.81. The van der Waals surface area contributed by atoms with Gasteiger partial charge in [0.2, 0.25) is 0 Å². The molecule has 3 nitrogen and oxygen atoms in total.